The van der Waals surface area contributed by atoms with Crippen molar-refractivity contribution in [3.63, 3.8) is 0 Å². The molecule has 2 rings (SSSR count). The molecule has 2 aromatic rings. The number of hydrogen-bond acceptors (Lipinski definition) is 7. The van der Waals surface area contributed by atoms with Gasteiger partial charge in [-0.05, 0) is 31.0 Å². The van der Waals surface area contributed by atoms with E-state index in [0.717, 1.165) is 17.8 Å². The molecule has 0 bridgehead atoms. The SMILES string of the molecule is CCC(CC)c1nnc(NC(=O)CNC(=O)c2ccc(OC)c(OC)c2)s1. The lowest BCUT2D eigenvalue weighted by Gasteiger charge is -2.10. The van der Waals surface area contributed by atoms with Crippen molar-refractivity contribution in [2.24, 2.45) is 0 Å². The molecule has 0 saturated carbocycles. The molecule has 0 saturated heterocycles. The maximum absolute atomic E-state index is 12.2. The standard InChI is InChI=1S/C18H24N4O4S/c1-5-11(6-2)17-21-22-18(27-17)20-15(23)10-19-16(24)12-7-8-13(25-3)14(9-12)26-4/h7-9,11H,5-6,10H2,1-4H3,(H,19,24)(H,20,22,23). The fourth-order valence-corrected chi connectivity index (χ4v) is 3.52. The number of hydrogen-bond donors (Lipinski definition) is 2. The van der Waals surface area contributed by atoms with E-state index in [2.05, 4.69) is 34.7 Å². The van der Waals surface area contributed by atoms with Crippen LogP contribution >= 0.6 is 11.3 Å². The van der Waals surface area contributed by atoms with Gasteiger partial charge < -0.3 is 14.8 Å². The van der Waals surface area contributed by atoms with Crippen LogP contribution in [0.25, 0.3) is 0 Å². The van der Waals surface area contributed by atoms with Crippen LogP contribution in [0.1, 0.15) is 48.0 Å². The number of rotatable bonds is 9. The monoisotopic (exact) mass is 392 g/mol. The van der Waals surface area contributed by atoms with E-state index in [1.165, 1.54) is 25.6 Å². The molecule has 0 aliphatic rings. The number of methoxy groups -OCH3 is 2. The van der Waals surface area contributed by atoms with E-state index < -0.39 is 0 Å². The van der Waals surface area contributed by atoms with Crippen LogP contribution in [-0.2, 0) is 4.79 Å². The molecule has 0 aliphatic heterocycles. The Morgan fingerprint density at radius 1 is 1.11 bits per heavy atom. The van der Waals surface area contributed by atoms with Crippen LogP contribution in [0.3, 0.4) is 0 Å². The van der Waals surface area contributed by atoms with Gasteiger partial charge in [0.2, 0.25) is 11.0 Å². The van der Waals surface area contributed by atoms with E-state index in [4.69, 9.17) is 9.47 Å². The van der Waals surface area contributed by atoms with Crippen LogP contribution in [0.2, 0.25) is 0 Å². The molecule has 8 nitrogen and oxygen atoms in total. The Kier molecular flexibility index (Phi) is 7.54. The van der Waals surface area contributed by atoms with Gasteiger partial charge in [-0.1, -0.05) is 25.2 Å². The Balaban J connectivity index is 1.91. The topological polar surface area (TPSA) is 102 Å². The Morgan fingerprint density at radius 2 is 1.81 bits per heavy atom. The first-order chi connectivity index (χ1) is 13.0. The Hall–Kier alpha value is -2.68. The van der Waals surface area contributed by atoms with E-state index >= 15 is 0 Å². The second-order valence-corrected chi connectivity index (χ2v) is 6.77. The summed E-state index contributed by atoms with van der Waals surface area (Å²) < 4.78 is 10.3. The molecule has 27 heavy (non-hydrogen) atoms. The van der Waals surface area contributed by atoms with Crippen LogP contribution < -0.4 is 20.1 Å². The third kappa shape index (κ3) is 5.40. The van der Waals surface area contributed by atoms with Crippen LogP contribution in [0.15, 0.2) is 18.2 Å². The van der Waals surface area contributed by atoms with E-state index in [-0.39, 0.29) is 18.4 Å². The molecule has 0 aliphatic carbocycles. The summed E-state index contributed by atoms with van der Waals surface area (Å²) in [6.07, 6.45) is 1.95. The molecule has 1 aromatic carbocycles. The van der Waals surface area contributed by atoms with Gasteiger partial charge in [0.25, 0.3) is 5.91 Å². The highest BCUT2D eigenvalue weighted by molar-refractivity contribution is 7.15. The maximum Gasteiger partial charge on any atom is 0.251 e. The van der Waals surface area contributed by atoms with E-state index in [9.17, 15) is 9.59 Å². The average Bonchev–Trinajstić information content (AvgIpc) is 3.14. The molecule has 2 amide bonds. The quantitative estimate of drug-likeness (QED) is 0.680. The van der Waals surface area contributed by atoms with Crippen molar-refractivity contribution in [2.45, 2.75) is 32.6 Å². The van der Waals surface area contributed by atoms with Crippen LogP contribution in [0, 0.1) is 0 Å². The molecular weight excluding hydrogens is 368 g/mol. The lowest BCUT2D eigenvalue weighted by Crippen LogP contribution is -2.32. The summed E-state index contributed by atoms with van der Waals surface area (Å²) in [6.45, 7) is 4.02. The van der Waals surface area contributed by atoms with Crippen LogP contribution in [-0.4, -0.2) is 42.8 Å². The summed E-state index contributed by atoms with van der Waals surface area (Å²) in [7, 11) is 3.01. The van der Waals surface area contributed by atoms with Gasteiger partial charge >= 0.3 is 0 Å². The van der Waals surface area contributed by atoms with Gasteiger partial charge in [0.15, 0.2) is 11.5 Å². The van der Waals surface area contributed by atoms with Crippen molar-refractivity contribution in [2.75, 3.05) is 26.1 Å². The number of aromatic nitrogens is 2. The number of carbonyl (C=O) groups excluding carboxylic acids is 2. The smallest absolute Gasteiger partial charge is 0.251 e. The second kappa shape index (κ2) is 9.86. The molecular formula is C18H24N4O4S. The van der Waals surface area contributed by atoms with Crippen LogP contribution in [0.5, 0.6) is 11.5 Å². The Bertz CT molecular complexity index is 789. The second-order valence-electron chi connectivity index (χ2n) is 5.76. The number of nitrogens with one attached hydrogen (secondary N) is 2. The van der Waals surface area contributed by atoms with Gasteiger partial charge in [0.05, 0.1) is 20.8 Å². The van der Waals surface area contributed by atoms with E-state index in [1.807, 2.05) is 0 Å². The molecule has 1 aromatic heterocycles. The summed E-state index contributed by atoms with van der Waals surface area (Å²) in [5, 5.41) is 14.7. The zero-order valence-corrected chi connectivity index (χ0v) is 16.7. The molecule has 146 valence electrons. The number of nitrogens with zero attached hydrogens (tertiary/aromatic N) is 2. The van der Waals surface area contributed by atoms with Gasteiger partial charge in [-0.15, -0.1) is 10.2 Å². The fraction of sp³-hybridized carbons (Fsp3) is 0.444. The molecule has 1 heterocycles. The first-order valence-corrected chi connectivity index (χ1v) is 9.47. The minimum Gasteiger partial charge on any atom is -0.493 e. The number of benzene rings is 1. The molecule has 9 heteroatoms. The third-order valence-corrected chi connectivity index (χ3v) is 5.08. The van der Waals surface area contributed by atoms with Gasteiger partial charge in [-0.2, -0.15) is 0 Å². The summed E-state index contributed by atoms with van der Waals surface area (Å²) in [4.78, 5) is 24.3. The van der Waals surface area contributed by atoms with Gasteiger partial charge in [0.1, 0.15) is 5.01 Å². The number of carbonyl (C=O) groups is 2. The van der Waals surface area contributed by atoms with E-state index in [0.29, 0.717) is 28.1 Å². The molecule has 0 atom stereocenters. The first-order valence-electron chi connectivity index (χ1n) is 8.65. The average molecular weight is 392 g/mol. The predicted molar refractivity (Wildman–Crippen MR) is 104 cm³/mol. The molecule has 0 radical (unpaired) electrons. The summed E-state index contributed by atoms with van der Waals surface area (Å²) in [5.41, 5.74) is 0.368. The highest BCUT2D eigenvalue weighted by Gasteiger charge is 2.16. The first kappa shape index (κ1) is 20.6. The van der Waals surface area contributed by atoms with Crippen molar-refractivity contribution in [1.29, 1.82) is 0 Å². The Labute approximate surface area is 162 Å². The van der Waals surface area contributed by atoms with Crippen LogP contribution in [0.4, 0.5) is 5.13 Å². The van der Waals surface area contributed by atoms with Gasteiger partial charge in [-0.25, -0.2) is 0 Å². The highest BCUT2D eigenvalue weighted by Crippen LogP contribution is 2.28. The minimum atomic E-state index is -0.388. The highest BCUT2D eigenvalue weighted by atomic mass is 32.1. The lowest BCUT2D eigenvalue weighted by atomic mass is 10.1. The maximum atomic E-state index is 12.2. The zero-order chi connectivity index (χ0) is 19.8. The largest absolute Gasteiger partial charge is 0.493 e. The molecule has 0 unspecified atom stereocenters. The normalized spacial score (nSPS) is 10.6. The van der Waals surface area contributed by atoms with Gasteiger partial charge in [0, 0.05) is 11.5 Å². The molecule has 2 N–H and O–H groups in total. The summed E-state index contributed by atoms with van der Waals surface area (Å²) in [5.74, 6) is 0.559. The van der Waals surface area contributed by atoms with Crippen molar-refractivity contribution >= 4 is 28.3 Å². The molecule has 0 fully saturated rings. The number of ether oxygens (including phenoxy) is 2. The van der Waals surface area contributed by atoms with E-state index in [1.54, 1.807) is 18.2 Å². The third-order valence-electron chi connectivity index (χ3n) is 4.08. The van der Waals surface area contributed by atoms with Crippen molar-refractivity contribution < 1.29 is 19.1 Å². The molecule has 0 spiro atoms. The minimum absolute atomic E-state index is 0.174. The summed E-state index contributed by atoms with van der Waals surface area (Å²) >= 11 is 1.36. The number of amides is 2. The lowest BCUT2D eigenvalue weighted by molar-refractivity contribution is -0.115. The zero-order valence-electron chi connectivity index (χ0n) is 15.9. The summed E-state index contributed by atoms with van der Waals surface area (Å²) in [6, 6.07) is 4.79. The fourth-order valence-electron chi connectivity index (χ4n) is 2.49. The van der Waals surface area contributed by atoms with Crippen molar-refractivity contribution in [3.8, 4) is 11.5 Å². The Morgan fingerprint density at radius 3 is 2.44 bits per heavy atom. The van der Waals surface area contributed by atoms with Gasteiger partial charge in [-0.3, -0.25) is 14.9 Å². The predicted octanol–water partition coefficient (Wildman–Crippen LogP) is 2.83. The number of anilines is 1. The van der Waals surface area contributed by atoms with Crippen molar-refractivity contribution in [3.05, 3.63) is 28.8 Å². The van der Waals surface area contributed by atoms with Crippen molar-refractivity contribution in [1.82, 2.24) is 15.5 Å².